The Morgan fingerprint density at radius 2 is 1.71 bits per heavy atom. The molecule has 10 nitrogen and oxygen atoms in total. The van der Waals surface area contributed by atoms with E-state index in [4.69, 9.17) is 5.73 Å². The summed E-state index contributed by atoms with van der Waals surface area (Å²) in [7, 11) is 0. The molecule has 38 heavy (non-hydrogen) atoms. The zero-order chi connectivity index (χ0) is 27.0. The highest BCUT2D eigenvalue weighted by atomic mass is 19.1. The topological polar surface area (TPSA) is 118 Å². The fourth-order valence-electron chi connectivity index (χ4n) is 7.45. The van der Waals surface area contributed by atoms with E-state index in [1.54, 1.807) is 0 Å². The molecule has 216 valence electrons. The van der Waals surface area contributed by atoms with Crippen LogP contribution in [0.2, 0.25) is 0 Å². The van der Waals surface area contributed by atoms with E-state index < -0.39 is 36.5 Å². The van der Waals surface area contributed by atoms with E-state index in [1.165, 1.54) is 0 Å². The standard InChI is InChI=1S/C26H46F2N8O2/c1-15-20-4-3-18(27)14-36(15)16(2)22(24(29)32-20)25(37)33-21-13-31-12-19(28)23(21)34-7-9-35(10-8-34)26(38)17-5-6-30-11-17/h15-24,30-32H,3-14,29H2,1-2H3,(H,33,37). The van der Waals surface area contributed by atoms with Crippen molar-refractivity contribution in [2.75, 3.05) is 58.9 Å². The molecule has 6 N–H and O–H groups in total. The van der Waals surface area contributed by atoms with Crippen LogP contribution in [0, 0.1) is 11.8 Å². The molecule has 0 aliphatic carbocycles. The molecule has 5 aliphatic heterocycles. The molecule has 11 unspecified atom stereocenters. The van der Waals surface area contributed by atoms with Crippen molar-refractivity contribution >= 4 is 11.8 Å². The fraction of sp³-hybridized carbons (Fsp3) is 0.923. The maximum atomic E-state index is 15.4. The van der Waals surface area contributed by atoms with Crippen molar-refractivity contribution in [2.24, 2.45) is 17.6 Å². The Morgan fingerprint density at radius 1 is 0.947 bits per heavy atom. The third kappa shape index (κ3) is 5.71. The number of piperidine rings is 1. The second-order valence-corrected chi connectivity index (χ2v) is 12.0. The number of alkyl halides is 2. The molecule has 0 aromatic carbocycles. The summed E-state index contributed by atoms with van der Waals surface area (Å²) in [5.41, 5.74) is 6.54. The minimum absolute atomic E-state index is 0.0179. The van der Waals surface area contributed by atoms with Crippen molar-refractivity contribution in [1.82, 2.24) is 36.0 Å². The zero-order valence-corrected chi connectivity index (χ0v) is 22.8. The van der Waals surface area contributed by atoms with Crippen LogP contribution in [0.3, 0.4) is 0 Å². The molecule has 0 radical (unpaired) electrons. The van der Waals surface area contributed by atoms with E-state index in [0.29, 0.717) is 45.6 Å². The second kappa shape index (κ2) is 12.0. The fourth-order valence-corrected chi connectivity index (χ4v) is 7.45. The highest BCUT2D eigenvalue weighted by Gasteiger charge is 2.47. The lowest BCUT2D eigenvalue weighted by Crippen LogP contribution is -2.68. The van der Waals surface area contributed by atoms with Crippen LogP contribution in [0.15, 0.2) is 0 Å². The first kappa shape index (κ1) is 28.1. The average molecular weight is 541 g/mol. The third-order valence-corrected chi connectivity index (χ3v) is 9.72. The lowest BCUT2D eigenvalue weighted by molar-refractivity contribution is -0.137. The van der Waals surface area contributed by atoms with Gasteiger partial charge < -0.3 is 26.6 Å². The first-order valence-electron chi connectivity index (χ1n) is 14.5. The summed E-state index contributed by atoms with van der Waals surface area (Å²) < 4.78 is 29.9. The molecule has 5 aliphatic rings. The summed E-state index contributed by atoms with van der Waals surface area (Å²) in [6, 6.07) is -1.09. The molecule has 2 amide bonds. The number of halogens is 2. The third-order valence-electron chi connectivity index (χ3n) is 9.72. The number of nitrogens with one attached hydrogen (secondary N) is 4. The van der Waals surface area contributed by atoms with Crippen LogP contribution in [-0.4, -0.2) is 134 Å². The molecule has 11 atom stereocenters. The number of rotatable bonds is 4. The van der Waals surface area contributed by atoms with E-state index in [2.05, 4.69) is 38.0 Å². The number of hydrogen-bond donors (Lipinski definition) is 5. The Kier molecular flexibility index (Phi) is 8.85. The lowest BCUT2D eigenvalue weighted by atomic mass is 9.92. The van der Waals surface area contributed by atoms with Gasteiger partial charge in [0.2, 0.25) is 11.8 Å². The SMILES string of the molecule is CC1C2CCC(F)CN1C(C)C(C(=O)NC1CNCC(F)C1N1CCN(C(=O)C3CCNC3)CC1)C(N)N2. The molecule has 5 heterocycles. The number of fused-ring (bicyclic) bond motifs is 2. The van der Waals surface area contributed by atoms with Crippen LogP contribution >= 0.6 is 0 Å². The van der Waals surface area contributed by atoms with Crippen molar-refractivity contribution < 1.29 is 18.4 Å². The van der Waals surface area contributed by atoms with Crippen molar-refractivity contribution in [1.29, 1.82) is 0 Å². The van der Waals surface area contributed by atoms with E-state index in [9.17, 15) is 14.0 Å². The predicted octanol–water partition coefficient (Wildman–Crippen LogP) is -1.38. The maximum absolute atomic E-state index is 15.4. The van der Waals surface area contributed by atoms with Crippen molar-refractivity contribution in [3.8, 4) is 0 Å². The summed E-state index contributed by atoms with van der Waals surface area (Å²) in [6.07, 6.45) is -0.620. The number of nitrogens with two attached hydrogens (primary N) is 1. The quantitative estimate of drug-likeness (QED) is 0.296. The van der Waals surface area contributed by atoms with Gasteiger partial charge in [-0.2, -0.15) is 0 Å². The first-order valence-corrected chi connectivity index (χ1v) is 14.5. The van der Waals surface area contributed by atoms with Gasteiger partial charge in [-0.3, -0.25) is 24.7 Å². The van der Waals surface area contributed by atoms with Crippen molar-refractivity contribution in [3.05, 3.63) is 0 Å². The summed E-state index contributed by atoms with van der Waals surface area (Å²) in [5, 5.41) is 12.9. The van der Waals surface area contributed by atoms with Crippen LogP contribution in [0.25, 0.3) is 0 Å². The number of piperazine rings is 1. The Balaban J connectivity index is 1.25. The Bertz CT molecular complexity index is 840. The smallest absolute Gasteiger partial charge is 0.227 e. The second-order valence-electron chi connectivity index (χ2n) is 12.0. The molecule has 2 bridgehead atoms. The molecular formula is C26H46F2N8O2. The Labute approximate surface area is 224 Å². The molecular weight excluding hydrogens is 494 g/mol. The summed E-state index contributed by atoms with van der Waals surface area (Å²) in [5.74, 6) is -0.593. The lowest BCUT2D eigenvalue weighted by Gasteiger charge is -2.46. The number of hydrogen-bond acceptors (Lipinski definition) is 8. The van der Waals surface area contributed by atoms with Gasteiger partial charge in [-0.05, 0) is 39.7 Å². The summed E-state index contributed by atoms with van der Waals surface area (Å²) in [6.45, 7) is 8.91. The molecule has 5 fully saturated rings. The van der Waals surface area contributed by atoms with Gasteiger partial charge in [-0.15, -0.1) is 0 Å². The summed E-state index contributed by atoms with van der Waals surface area (Å²) in [4.78, 5) is 32.7. The van der Waals surface area contributed by atoms with E-state index in [1.807, 2.05) is 11.8 Å². The monoisotopic (exact) mass is 540 g/mol. The molecule has 0 spiro atoms. The minimum Gasteiger partial charge on any atom is -0.350 e. The largest absolute Gasteiger partial charge is 0.350 e. The van der Waals surface area contributed by atoms with Crippen LogP contribution in [0.5, 0.6) is 0 Å². The first-order chi connectivity index (χ1) is 18.2. The molecule has 0 saturated carbocycles. The molecule has 0 aromatic heterocycles. The van der Waals surface area contributed by atoms with Crippen LogP contribution in [-0.2, 0) is 9.59 Å². The van der Waals surface area contributed by atoms with Crippen LogP contribution < -0.4 is 27.0 Å². The number of nitrogens with zero attached hydrogens (tertiary/aromatic N) is 3. The van der Waals surface area contributed by atoms with Gasteiger partial charge in [0.05, 0.1) is 30.1 Å². The average Bonchev–Trinajstić information content (AvgIpc) is 3.37. The van der Waals surface area contributed by atoms with Crippen LogP contribution in [0.4, 0.5) is 8.78 Å². The molecule has 5 rings (SSSR count). The van der Waals surface area contributed by atoms with Gasteiger partial charge in [0.25, 0.3) is 0 Å². The van der Waals surface area contributed by atoms with Gasteiger partial charge in [0.1, 0.15) is 12.3 Å². The van der Waals surface area contributed by atoms with Gasteiger partial charge >= 0.3 is 0 Å². The normalized spacial score (nSPS) is 44.8. The maximum Gasteiger partial charge on any atom is 0.227 e. The molecule has 0 aromatic rings. The number of carbonyl (C=O) groups excluding carboxylic acids is 2. The predicted molar refractivity (Wildman–Crippen MR) is 141 cm³/mol. The van der Waals surface area contributed by atoms with Gasteiger partial charge in [-0.1, -0.05) is 0 Å². The highest BCUT2D eigenvalue weighted by Crippen LogP contribution is 2.29. The van der Waals surface area contributed by atoms with E-state index >= 15 is 4.39 Å². The minimum atomic E-state index is -1.15. The Morgan fingerprint density at radius 3 is 2.42 bits per heavy atom. The summed E-state index contributed by atoms with van der Waals surface area (Å²) >= 11 is 0. The van der Waals surface area contributed by atoms with Gasteiger partial charge in [0, 0.05) is 70.5 Å². The number of amides is 2. The molecule has 12 heteroatoms. The van der Waals surface area contributed by atoms with Crippen LogP contribution in [0.1, 0.15) is 33.1 Å². The highest BCUT2D eigenvalue weighted by molar-refractivity contribution is 5.81. The Hall–Kier alpha value is -1.44. The van der Waals surface area contributed by atoms with E-state index in [0.717, 1.165) is 19.5 Å². The van der Waals surface area contributed by atoms with Crippen molar-refractivity contribution in [2.45, 2.75) is 81.8 Å². The van der Waals surface area contributed by atoms with Gasteiger partial charge in [-0.25, -0.2) is 8.78 Å². The molecule has 5 saturated heterocycles. The van der Waals surface area contributed by atoms with Gasteiger partial charge in [0.15, 0.2) is 0 Å². The number of carbonyl (C=O) groups is 2. The van der Waals surface area contributed by atoms with Crippen molar-refractivity contribution in [3.63, 3.8) is 0 Å². The van der Waals surface area contributed by atoms with E-state index in [-0.39, 0.29) is 48.9 Å². The zero-order valence-electron chi connectivity index (χ0n) is 22.8.